The number of hydrogen-bond donors (Lipinski definition) is 0. The molecule has 1 atom stereocenters. The van der Waals surface area contributed by atoms with Crippen LogP contribution in [0.15, 0.2) is 0 Å². The summed E-state index contributed by atoms with van der Waals surface area (Å²) in [6.45, 7) is 3.12. The van der Waals surface area contributed by atoms with Gasteiger partial charge in [0.25, 0.3) is 0 Å². The highest BCUT2D eigenvalue weighted by atomic mass is 16.5. The molecular weight excluding hydrogens is 368 g/mol. The minimum atomic E-state index is 0.315. The second-order valence-electron chi connectivity index (χ2n) is 9.88. The summed E-state index contributed by atoms with van der Waals surface area (Å²) in [5.41, 5.74) is 0. The van der Waals surface area contributed by atoms with Crippen molar-refractivity contribution in [1.82, 2.24) is 0 Å². The first-order valence-electron chi connectivity index (χ1n) is 13.9. The molecule has 0 aliphatic heterocycles. The molecule has 0 heterocycles. The van der Waals surface area contributed by atoms with Crippen LogP contribution in [0.25, 0.3) is 0 Å². The van der Waals surface area contributed by atoms with Gasteiger partial charge in [-0.1, -0.05) is 122 Å². The van der Waals surface area contributed by atoms with Crippen LogP contribution in [0.3, 0.4) is 0 Å². The molecule has 0 amide bonds. The van der Waals surface area contributed by atoms with E-state index in [0.29, 0.717) is 12.0 Å². The van der Waals surface area contributed by atoms with Crippen molar-refractivity contribution in [3.63, 3.8) is 0 Å². The van der Waals surface area contributed by atoms with Crippen molar-refractivity contribution in [3.05, 3.63) is 0 Å². The Morgan fingerprint density at radius 3 is 1.53 bits per heavy atom. The van der Waals surface area contributed by atoms with Crippen LogP contribution in [0, 0.1) is 5.92 Å². The third-order valence-corrected chi connectivity index (χ3v) is 7.09. The van der Waals surface area contributed by atoms with E-state index in [-0.39, 0.29) is 0 Å². The molecule has 1 unspecified atom stereocenters. The molecule has 1 saturated carbocycles. The highest BCUT2D eigenvalue weighted by molar-refractivity contribution is 5.53. The third-order valence-electron chi connectivity index (χ3n) is 7.09. The van der Waals surface area contributed by atoms with E-state index in [0.717, 1.165) is 25.7 Å². The fraction of sp³-hybridized carbons (Fsp3) is 0.964. The first-order valence-corrected chi connectivity index (χ1v) is 13.9. The van der Waals surface area contributed by atoms with Gasteiger partial charge < -0.3 is 9.53 Å². The number of carbonyl (C=O) groups is 1. The lowest BCUT2D eigenvalue weighted by Gasteiger charge is -2.21. The third kappa shape index (κ3) is 17.3. The number of carbonyl (C=O) groups excluding carboxylic acids is 1. The molecule has 0 radical (unpaired) electrons. The van der Waals surface area contributed by atoms with Gasteiger partial charge in [0.15, 0.2) is 0 Å². The summed E-state index contributed by atoms with van der Waals surface area (Å²) in [6, 6.07) is 0. The monoisotopic (exact) mass is 422 g/mol. The van der Waals surface area contributed by atoms with E-state index in [1.54, 1.807) is 0 Å². The molecule has 0 aromatic rings. The second kappa shape index (κ2) is 21.8. The molecule has 0 saturated heterocycles. The fourth-order valence-corrected chi connectivity index (χ4v) is 4.83. The van der Waals surface area contributed by atoms with Crippen molar-refractivity contribution in [1.29, 1.82) is 0 Å². The Labute approximate surface area is 189 Å². The molecule has 0 bridgehead atoms. The van der Waals surface area contributed by atoms with Crippen molar-refractivity contribution in [2.75, 3.05) is 6.61 Å². The number of hydrogen-bond acceptors (Lipinski definition) is 2. The minimum Gasteiger partial charge on any atom is -0.378 e. The predicted octanol–water partition coefficient (Wildman–Crippen LogP) is 9.19. The van der Waals surface area contributed by atoms with E-state index in [4.69, 9.17) is 4.74 Å². The van der Waals surface area contributed by atoms with Crippen LogP contribution in [0.1, 0.15) is 155 Å². The van der Waals surface area contributed by atoms with E-state index in [9.17, 15) is 4.79 Å². The first kappa shape index (κ1) is 27.7. The molecule has 0 N–H and O–H groups in total. The molecule has 0 aromatic carbocycles. The van der Waals surface area contributed by atoms with Gasteiger partial charge in [-0.05, 0) is 32.1 Å². The van der Waals surface area contributed by atoms with Crippen LogP contribution in [0.4, 0.5) is 0 Å². The van der Waals surface area contributed by atoms with Crippen LogP contribution in [-0.4, -0.2) is 19.0 Å². The first-order chi connectivity index (χ1) is 14.9. The lowest BCUT2D eigenvalue weighted by atomic mass is 9.98. The molecule has 0 spiro atoms. The average molecular weight is 423 g/mol. The summed E-state index contributed by atoms with van der Waals surface area (Å²) < 4.78 is 6.01. The molecule has 2 heteroatoms. The van der Waals surface area contributed by atoms with Gasteiger partial charge in [-0.3, -0.25) is 0 Å². The molecule has 178 valence electrons. The fourth-order valence-electron chi connectivity index (χ4n) is 4.83. The maximum atomic E-state index is 10.8. The van der Waals surface area contributed by atoms with Gasteiger partial charge >= 0.3 is 0 Å². The molecule has 2 nitrogen and oxygen atoms in total. The Morgan fingerprint density at radius 1 is 0.667 bits per heavy atom. The lowest BCUT2D eigenvalue weighted by molar-refractivity contribution is -0.111. The topological polar surface area (TPSA) is 26.3 Å². The highest BCUT2D eigenvalue weighted by Crippen LogP contribution is 2.21. The van der Waals surface area contributed by atoms with Crippen LogP contribution < -0.4 is 0 Å². The normalized spacial score (nSPS) is 16.0. The minimum absolute atomic E-state index is 0.315. The molecule has 1 rings (SSSR count). The predicted molar refractivity (Wildman–Crippen MR) is 131 cm³/mol. The van der Waals surface area contributed by atoms with Gasteiger partial charge in [0.2, 0.25) is 0 Å². The summed E-state index contributed by atoms with van der Waals surface area (Å²) in [5.74, 6) is 0.315. The number of aldehydes is 1. The van der Waals surface area contributed by atoms with E-state index >= 15 is 0 Å². The van der Waals surface area contributed by atoms with Gasteiger partial charge in [-0.15, -0.1) is 0 Å². The lowest BCUT2D eigenvalue weighted by Crippen LogP contribution is -2.17. The van der Waals surface area contributed by atoms with E-state index in [1.165, 1.54) is 135 Å². The Bertz CT molecular complexity index is 349. The van der Waals surface area contributed by atoms with E-state index < -0.39 is 0 Å². The zero-order valence-corrected chi connectivity index (χ0v) is 20.5. The van der Waals surface area contributed by atoms with E-state index in [2.05, 4.69) is 6.92 Å². The number of rotatable bonds is 22. The SMILES string of the molecule is CCC(C=O)CCCCCCCCCCCCCCCCCCOC1CCCCC1. The van der Waals surface area contributed by atoms with Crippen molar-refractivity contribution >= 4 is 6.29 Å². The van der Waals surface area contributed by atoms with E-state index in [1.807, 2.05) is 0 Å². The van der Waals surface area contributed by atoms with Gasteiger partial charge in [-0.2, -0.15) is 0 Å². The van der Waals surface area contributed by atoms with Crippen LogP contribution in [0.5, 0.6) is 0 Å². The summed E-state index contributed by atoms with van der Waals surface area (Å²) in [6.07, 6.45) is 32.9. The molecule has 30 heavy (non-hydrogen) atoms. The Hall–Kier alpha value is -0.370. The van der Waals surface area contributed by atoms with Crippen LogP contribution in [-0.2, 0) is 9.53 Å². The molecule has 1 aliphatic carbocycles. The maximum absolute atomic E-state index is 10.8. The molecule has 1 fully saturated rings. The summed E-state index contributed by atoms with van der Waals surface area (Å²) >= 11 is 0. The summed E-state index contributed by atoms with van der Waals surface area (Å²) in [7, 11) is 0. The van der Waals surface area contributed by atoms with Crippen molar-refractivity contribution in [2.24, 2.45) is 5.92 Å². The second-order valence-corrected chi connectivity index (χ2v) is 9.88. The molecule has 1 aliphatic rings. The van der Waals surface area contributed by atoms with Crippen LogP contribution in [0.2, 0.25) is 0 Å². The van der Waals surface area contributed by atoms with Crippen molar-refractivity contribution < 1.29 is 9.53 Å². The van der Waals surface area contributed by atoms with Crippen LogP contribution >= 0.6 is 0 Å². The Balaban J connectivity index is 1.66. The average Bonchev–Trinajstić information content (AvgIpc) is 2.78. The largest absolute Gasteiger partial charge is 0.378 e. The van der Waals surface area contributed by atoms with Crippen molar-refractivity contribution in [2.45, 2.75) is 161 Å². The van der Waals surface area contributed by atoms with Crippen molar-refractivity contribution in [3.8, 4) is 0 Å². The molecule has 0 aromatic heterocycles. The summed E-state index contributed by atoms with van der Waals surface area (Å²) in [5, 5.41) is 0. The van der Waals surface area contributed by atoms with Gasteiger partial charge in [-0.25, -0.2) is 0 Å². The zero-order valence-electron chi connectivity index (χ0n) is 20.5. The van der Waals surface area contributed by atoms with Gasteiger partial charge in [0.05, 0.1) is 6.10 Å². The standard InChI is InChI=1S/C28H54O2/c1-2-27(26-29)22-18-15-13-11-9-7-5-3-4-6-8-10-12-14-16-21-25-30-28-23-19-17-20-24-28/h26-28H,2-25H2,1H3. The number of unbranched alkanes of at least 4 members (excludes halogenated alkanes) is 15. The quantitative estimate of drug-likeness (QED) is 0.128. The smallest absolute Gasteiger partial charge is 0.123 e. The Morgan fingerprint density at radius 2 is 1.10 bits per heavy atom. The number of ether oxygens (including phenoxy) is 1. The summed E-state index contributed by atoms with van der Waals surface area (Å²) in [4.78, 5) is 10.8. The highest BCUT2D eigenvalue weighted by Gasteiger charge is 2.12. The molecular formula is C28H54O2. The van der Waals surface area contributed by atoms with Gasteiger partial charge in [0.1, 0.15) is 6.29 Å². The maximum Gasteiger partial charge on any atom is 0.123 e. The van der Waals surface area contributed by atoms with Gasteiger partial charge in [0, 0.05) is 12.5 Å². The zero-order chi connectivity index (χ0) is 21.5. The Kier molecular flexibility index (Phi) is 20.1.